The minimum absolute atomic E-state index is 0.0775. The van der Waals surface area contributed by atoms with E-state index in [4.69, 9.17) is 0 Å². The largest absolute Gasteiger partial charge is 0.329 e. The number of hydrogen-bond donors (Lipinski definition) is 2. The summed E-state index contributed by atoms with van der Waals surface area (Å²) in [6.07, 6.45) is 3.51. The molecule has 2 aliphatic heterocycles. The number of nitrogens with zero attached hydrogens (tertiary/aromatic N) is 1. The third-order valence-electron chi connectivity index (χ3n) is 5.21. The number of benzene rings is 2. The molecule has 2 aromatic rings. The summed E-state index contributed by atoms with van der Waals surface area (Å²) < 4.78 is 0. The van der Waals surface area contributed by atoms with Crippen molar-refractivity contribution in [3.63, 3.8) is 0 Å². The van der Waals surface area contributed by atoms with Gasteiger partial charge in [0.1, 0.15) is 6.04 Å². The van der Waals surface area contributed by atoms with Crippen molar-refractivity contribution in [3.8, 4) is 0 Å². The van der Waals surface area contributed by atoms with Crippen LogP contribution in [0.25, 0.3) is 10.8 Å². The molecule has 2 saturated heterocycles. The van der Waals surface area contributed by atoms with Crippen LogP contribution in [0.5, 0.6) is 0 Å². The molecule has 2 heterocycles. The molecule has 2 amide bonds. The van der Waals surface area contributed by atoms with Gasteiger partial charge < -0.3 is 15.5 Å². The Kier molecular flexibility index (Phi) is 4.40. The first-order valence-electron chi connectivity index (χ1n) is 9.06. The average Bonchev–Trinajstić information content (AvgIpc) is 3.33. The van der Waals surface area contributed by atoms with Crippen molar-refractivity contribution >= 4 is 28.3 Å². The highest BCUT2D eigenvalue weighted by molar-refractivity contribution is 5.99. The monoisotopic (exact) mass is 337 g/mol. The van der Waals surface area contributed by atoms with Crippen molar-refractivity contribution in [2.45, 2.75) is 37.8 Å². The maximum absolute atomic E-state index is 12.8. The number of carbonyl (C=O) groups is 2. The van der Waals surface area contributed by atoms with Crippen LogP contribution in [0.1, 0.15) is 25.7 Å². The van der Waals surface area contributed by atoms with Gasteiger partial charge in [0.25, 0.3) is 0 Å². The van der Waals surface area contributed by atoms with Crippen molar-refractivity contribution in [3.05, 3.63) is 42.5 Å². The molecule has 25 heavy (non-hydrogen) atoms. The molecule has 0 saturated carbocycles. The first-order valence-corrected chi connectivity index (χ1v) is 9.06. The Morgan fingerprint density at radius 1 is 1.04 bits per heavy atom. The minimum Gasteiger partial charge on any atom is -0.329 e. The van der Waals surface area contributed by atoms with Crippen molar-refractivity contribution in [1.29, 1.82) is 0 Å². The van der Waals surface area contributed by atoms with Gasteiger partial charge in [-0.2, -0.15) is 0 Å². The average molecular weight is 337 g/mol. The zero-order valence-corrected chi connectivity index (χ0v) is 14.2. The normalized spacial score (nSPS) is 23.1. The third kappa shape index (κ3) is 3.24. The number of fused-ring (bicyclic) bond motifs is 1. The second-order valence-electron chi connectivity index (χ2n) is 6.89. The van der Waals surface area contributed by atoms with Gasteiger partial charge in [0.05, 0.1) is 6.04 Å². The zero-order chi connectivity index (χ0) is 17.2. The maximum atomic E-state index is 12.8. The van der Waals surface area contributed by atoms with Crippen LogP contribution in [0.3, 0.4) is 0 Å². The summed E-state index contributed by atoms with van der Waals surface area (Å²) in [6.45, 7) is 1.56. The number of anilines is 1. The second-order valence-corrected chi connectivity index (χ2v) is 6.89. The van der Waals surface area contributed by atoms with Gasteiger partial charge in [0.2, 0.25) is 11.8 Å². The predicted molar refractivity (Wildman–Crippen MR) is 98.3 cm³/mol. The second kappa shape index (κ2) is 6.84. The van der Waals surface area contributed by atoms with E-state index in [-0.39, 0.29) is 23.9 Å². The Hall–Kier alpha value is -2.40. The smallest absolute Gasteiger partial charge is 0.247 e. The van der Waals surface area contributed by atoms with E-state index in [1.165, 1.54) is 0 Å². The van der Waals surface area contributed by atoms with Crippen molar-refractivity contribution in [2.75, 3.05) is 18.4 Å². The molecule has 0 radical (unpaired) electrons. The molecule has 5 nitrogen and oxygen atoms in total. The number of rotatable bonds is 3. The molecule has 2 atom stereocenters. The summed E-state index contributed by atoms with van der Waals surface area (Å²) in [4.78, 5) is 27.2. The van der Waals surface area contributed by atoms with E-state index in [1.807, 2.05) is 42.5 Å². The highest BCUT2D eigenvalue weighted by Gasteiger charge is 2.37. The van der Waals surface area contributed by atoms with Crippen LogP contribution in [0, 0.1) is 0 Å². The molecular formula is C20H23N3O2. The Bertz CT molecular complexity index is 798. The number of carbonyl (C=O) groups excluding carboxylic acids is 2. The molecule has 2 aliphatic rings. The zero-order valence-electron chi connectivity index (χ0n) is 14.2. The van der Waals surface area contributed by atoms with Gasteiger partial charge in [0.15, 0.2) is 0 Å². The molecule has 2 aromatic carbocycles. The van der Waals surface area contributed by atoms with Crippen LogP contribution in [0.4, 0.5) is 5.69 Å². The fraction of sp³-hybridized carbons (Fsp3) is 0.400. The SMILES string of the molecule is O=C(Nc1ccc2ccccc2c1)C1CCCN1C(=O)[C@@H]1CCCN1. The Morgan fingerprint density at radius 2 is 1.88 bits per heavy atom. The maximum Gasteiger partial charge on any atom is 0.247 e. The van der Waals surface area contributed by atoms with Crippen LogP contribution >= 0.6 is 0 Å². The summed E-state index contributed by atoms with van der Waals surface area (Å²) >= 11 is 0. The molecule has 0 spiro atoms. The molecule has 0 bridgehead atoms. The molecule has 4 rings (SSSR count). The lowest BCUT2D eigenvalue weighted by molar-refractivity contribution is -0.138. The van der Waals surface area contributed by atoms with E-state index in [1.54, 1.807) is 4.90 Å². The number of hydrogen-bond acceptors (Lipinski definition) is 3. The number of nitrogens with one attached hydrogen (secondary N) is 2. The van der Waals surface area contributed by atoms with Gasteiger partial charge in [-0.1, -0.05) is 30.3 Å². The van der Waals surface area contributed by atoms with E-state index in [0.29, 0.717) is 6.54 Å². The first-order chi connectivity index (χ1) is 12.2. The Balaban J connectivity index is 1.48. The topological polar surface area (TPSA) is 61.4 Å². The minimum atomic E-state index is -0.360. The van der Waals surface area contributed by atoms with Gasteiger partial charge in [-0.3, -0.25) is 9.59 Å². The fourth-order valence-electron chi connectivity index (χ4n) is 3.89. The Morgan fingerprint density at radius 3 is 2.68 bits per heavy atom. The van der Waals surface area contributed by atoms with E-state index in [2.05, 4.69) is 10.6 Å². The summed E-state index contributed by atoms with van der Waals surface area (Å²) in [6, 6.07) is 13.5. The van der Waals surface area contributed by atoms with Crippen molar-refractivity contribution in [1.82, 2.24) is 10.2 Å². The summed E-state index contributed by atoms with van der Waals surface area (Å²) in [5, 5.41) is 8.47. The Labute approximate surface area is 147 Å². The van der Waals surface area contributed by atoms with Crippen LogP contribution in [0.2, 0.25) is 0 Å². The standard InChI is InChI=1S/C20H23N3O2/c24-19(22-16-10-9-14-5-1-2-6-15(14)13-16)18-8-4-12-23(18)20(25)17-7-3-11-21-17/h1-2,5-6,9-10,13,17-18,21H,3-4,7-8,11-12H2,(H,22,24)/t17-,18?/m0/s1. The molecular weight excluding hydrogens is 314 g/mol. The number of amides is 2. The highest BCUT2D eigenvalue weighted by atomic mass is 16.2. The molecule has 1 unspecified atom stereocenters. The van der Waals surface area contributed by atoms with Crippen LogP contribution in [-0.2, 0) is 9.59 Å². The summed E-state index contributed by atoms with van der Waals surface area (Å²) in [5.41, 5.74) is 0.780. The summed E-state index contributed by atoms with van der Waals surface area (Å²) in [7, 11) is 0. The lowest BCUT2D eigenvalue weighted by atomic mass is 10.1. The lowest BCUT2D eigenvalue weighted by Crippen LogP contribution is -2.49. The summed E-state index contributed by atoms with van der Waals surface area (Å²) in [5.74, 6) is -0.00668. The molecule has 2 fully saturated rings. The first kappa shape index (κ1) is 16.1. The van der Waals surface area contributed by atoms with Crippen LogP contribution < -0.4 is 10.6 Å². The van der Waals surface area contributed by atoms with Crippen LogP contribution in [-0.4, -0.2) is 41.9 Å². The number of likely N-dealkylation sites (tertiary alicyclic amines) is 1. The predicted octanol–water partition coefficient (Wildman–Crippen LogP) is 2.52. The highest BCUT2D eigenvalue weighted by Crippen LogP contribution is 2.23. The van der Waals surface area contributed by atoms with Crippen molar-refractivity contribution < 1.29 is 9.59 Å². The molecule has 130 valence electrons. The van der Waals surface area contributed by atoms with Gasteiger partial charge in [-0.25, -0.2) is 0 Å². The fourth-order valence-corrected chi connectivity index (χ4v) is 3.89. The van der Waals surface area contributed by atoms with Crippen LogP contribution in [0.15, 0.2) is 42.5 Å². The quantitative estimate of drug-likeness (QED) is 0.905. The van der Waals surface area contributed by atoms with E-state index in [0.717, 1.165) is 48.7 Å². The van der Waals surface area contributed by atoms with Gasteiger partial charge in [-0.05, 0) is 55.1 Å². The van der Waals surface area contributed by atoms with Gasteiger partial charge in [0, 0.05) is 12.2 Å². The molecule has 2 N–H and O–H groups in total. The lowest BCUT2D eigenvalue weighted by Gasteiger charge is -2.26. The van der Waals surface area contributed by atoms with E-state index < -0.39 is 0 Å². The van der Waals surface area contributed by atoms with Crippen molar-refractivity contribution in [2.24, 2.45) is 0 Å². The van der Waals surface area contributed by atoms with Gasteiger partial charge in [-0.15, -0.1) is 0 Å². The van der Waals surface area contributed by atoms with Gasteiger partial charge >= 0.3 is 0 Å². The molecule has 0 aliphatic carbocycles. The van der Waals surface area contributed by atoms with E-state index in [9.17, 15) is 9.59 Å². The molecule has 5 heteroatoms. The third-order valence-corrected chi connectivity index (χ3v) is 5.21. The van der Waals surface area contributed by atoms with E-state index >= 15 is 0 Å². The molecule has 0 aromatic heterocycles.